The van der Waals surface area contributed by atoms with Crippen LogP contribution in [0, 0.1) is 5.92 Å². The molecule has 20 heavy (non-hydrogen) atoms. The van der Waals surface area contributed by atoms with Gasteiger partial charge in [-0.3, -0.25) is 0 Å². The number of nitrogens with two attached hydrogens (primary N) is 1. The Hall–Kier alpha value is -1.14. The van der Waals surface area contributed by atoms with Crippen LogP contribution < -0.4 is 5.73 Å². The maximum atomic E-state index is 12.6. The third kappa shape index (κ3) is 3.30. The number of rotatable bonds is 4. The standard InChI is InChI=1S/C14H23N3O2S/c1-2-5-12-6-4-10-17(11-8-12)20(18,19)13-7-3-9-16-14(13)15/h3,7,9,12H,2,4-6,8,10-11H2,1H3,(H2,15,16). The van der Waals surface area contributed by atoms with E-state index in [9.17, 15) is 8.42 Å². The summed E-state index contributed by atoms with van der Waals surface area (Å²) in [4.78, 5) is 4.01. The van der Waals surface area contributed by atoms with Gasteiger partial charge in [0.05, 0.1) is 0 Å². The van der Waals surface area contributed by atoms with Crippen LogP contribution in [0.15, 0.2) is 23.2 Å². The fourth-order valence-electron chi connectivity index (χ4n) is 2.84. The lowest BCUT2D eigenvalue weighted by Gasteiger charge is -2.20. The van der Waals surface area contributed by atoms with E-state index in [0.29, 0.717) is 19.0 Å². The lowest BCUT2D eigenvalue weighted by Crippen LogP contribution is -2.32. The highest BCUT2D eigenvalue weighted by Gasteiger charge is 2.29. The average Bonchev–Trinajstić information content (AvgIpc) is 2.65. The first-order chi connectivity index (χ1) is 9.55. The summed E-state index contributed by atoms with van der Waals surface area (Å²) in [6.07, 6.45) is 6.82. The van der Waals surface area contributed by atoms with Crippen molar-refractivity contribution >= 4 is 15.8 Å². The molecule has 2 N–H and O–H groups in total. The lowest BCUT2D eigenvalue weighted by atomic mass is 9.96. The summed E-state index contributed by atoms with van der Waals surface area (Å²) in [6, 6.07) is 3.15. The SMILES string of the molecule is CCCC1CCCN(S(=O)(=O)c2cccnc2N)CC1. The van der Waals surface area contributed by atoms with Gasteiger partial charge in [-0.15, -0.1) is 0 Å². The van der Waals surface area contributed by atoms with Gasteiger partial charge in [0.2, 0.25) is 10.0 Å². The number of nitrogens with zero attached hydrogens (tertiary/aromatic N) is 2. The van der Waals surface area contributed by atoms with Gasteiger partial charge in [0.15, 0.2) is 0 Å². The monoisotopic (exact) mass is 297 g/mol. The first-order valence-electron chi connectivity index (χ1n) is 7.26. The van der Waals surface area contributed by atoms with Crippen molar-refractivity contribution in [1.29, 1.82) is 0 Å². The van der Waals surface area contributed by atoms with Gasteiger partial charge in [0.1, 0.15) is 10.7 Å². The predicted octanol–water partition coefficient (Wildman–Crippen LogP) is 2.25. The molecule has 5 nitrogen and oxygen atoms in total. The van der Waals surface area contributed by atoms with Crippen molar-refractivity contribution in [2.24, 2.45) is 5.92 Å². The summed E-state index contributed by atoms with van der Waals surface area (Å²) in [5.74, 6) is 0.730. The van der Waals surface area contributed by atoms with Gasteiger partial charge >= 0.3 is 0 Å². The first-order valence-corrected chi connectivity index (χ1v) is 8.70. The molecule has 1 aliphatic rings. The Bertz CT molecular complexity index is 545. The van der Waals surface area contributed by atoms with Crippen molar-refractivity contribution in [2.45, 2.75) is 43.9 Å². The minimum absolute atomic E-state index is 0.0851. The third-order valence-electron chi connectivity index (χ3n) is 3.92. The molecule has 0 spiro atoms. The van der Waals surface area contributed by atoms with Gasteiger partial charge in [0.25, 0.3) is 0 Å². The smallest absolute Gasteiger partial charge is 0.246 e. The van der Waals surface area contributed by atoms with Gasteiger partial charge < -0.3 is 5.73 Å². The number of hydrogen-bond donors (Lipinski definition) is 1. The van der Waals surface area contributed by atoms with Crippen LogP contribution in [0.25, 0.3) is 0 Å². The Morgan fingerprint density at radius 1 is 1.40 bits per heavy atom. The Labute approximate surface area is 121 Å². The molecule has 1 saturated heterocycles. The van der Waals surface area contributed by atoms with Crippen molar-refractivity contribution in [3.05, 3.63) is 18.3 Å². The highest BCUT2D eigenvalue weighted by Crippen LogP contribution is 2.27. The van der Waals surface area contributed by atoms with E-state index in [1.54, 1.807) is 10.4 Å². The van der Waals surface area contributed by atoms with Crippen molar-refractivity contribution in [1.82, 2.24) is 9.29 Å². The van der Waals surface area contributed by atoms with E-state index in [0.717, 1.165) is 25.7 Å². The number of nitrogen functional groups attached to an aromatic ring is 1. The summed E-state index contributed by atoms with van der Waals surface area (Å²) in [5, 5.41) is 0. The van der Waals surface area contributed by atoms with Crippen LogP contribution >= 0.6 is 0 Å². The zero-order valence-corrected chi connectivity index (χ0v) is 12.8. The number of anilines is 1. The fraction of sp³-hybridized carbons (Fsp3) is 0.643. The molecule has 0 bridgehead atoms. The van der Waals surface area contributed by atoms with Gasteiger partial charge in [-0.2, -0.15) is 4.31 Å². The molecule has 0 radical (unpaired) electrons. The predicted molar refractivity (Wildman–Crippen MR) is 79.7 cm³/mol. The van der Waals surface area contributed by atoms with Crippen molar-refractivity contribution in [3.8, 4) is 0 Å². The van der Waals surface area contributed by atoms with E-state index < -0.39 is 10.0 Å². The topological polar surface area (TPSA) is 76.3 Å². The second-order valence-electron chi connectivity index (χ2n) is 5.38. The number of sulfonamides is 1. The molecular weight excluding hydrogens is 274 g/mol. The van der Waals surface area contributed by atoms with E-state index >= 15 is 0 Å². The molecule has 2 rings (SSSR count). The highest BCUT2D eigenvalue weighted by molar-refractivity contribution is 7.89. The minimum atomic E-state index is -3.51. The molecular formula is C14H23N3O2S. The molecule has 0 aliphatic carbocycles. The Kier molecular flexibility index (Phi) is 4.99. The molecule has 1 fully saturated rings. The second kappa shape index (κ2) is 6.54. The van der Waals surface area contributed by atoms with Crippen LogP contribution in [-0.4, -0.2) is 30.8 Å². The van der Waals surface area contributed by atoms with E-state index in [-0.39, 0.29) is 10.7 Å². The van der Waals surface area contributed by atoms with Crippen molar-refractivity contribution in [2.75, 3.05) is 18.8 Å². The molecule has 1 aromatic heterocycles. The summed E-state index contributed by atoms with van der Waals surface area (Å²) >= 11 is 0. The van der Waals surface area contributed by atoms with Gasteiger partial charge in [-0.05, 0) is 37.3 Å². The summed E-state index contributed by atoms with van der Waals surface area (Å²) in [6.45, 7) is 3.34. The molecule has 112 valence electrons. The number of pyridine rings is 1. The van der Waals surface area contributed by atoms with Crippen LogP contribution in [0.1, 0.15) is 39.0 Å². The van der Waals surface area contributed by atoms with E-state index in [1.807, 2.05) is 0 Å². The van der Waals surface area contributed by atoms with Crippen LogP contribution in [0.4, 0.5) is 5.82 Å². The van der Waals surface area contributed by atoms with Gasteiger partial charge in [-0.1, -0.05) is 19.8 Å². The Morgan fingerprint density at radius 2 is 2.20 bits per heavy atom. The first kappa shape index (κ1) is 15.3. The second-order valence-corrected chi connectivity index (χ2v) is 7.28. The summed E-state index contributed by atoms with van der Waals surface area (Å²) < 4.78 is 26.8. The molecule has 1 unspecified atom stereocenters. The largest absolute Gasteiger partial charge is 0.383 e. The van der Waals surface area contributed by atoms with Gasteiger partial charge in [0, 0.05) is 19.3 Å². The fourth-order valence-corrected chi connectivity index (χ4v) is 4.40. The molecule has 0 aromatic carbocycles. The van der Waals surface area contributed by atoms with Crippen LogP contribution in [-0.2, 0) is 10.0 Å². The zero-order chi connectivity index (χ0) is 14.6. The zero-order valence-electron chi connectivity index (χ0n) is 12.0. The molecule has 1 atom stereocenters. The minimum Gasteiger partial charge on any atom is -0.383 e. The molecule has 6 heteroatoms. The Balaban J connectivity index is 2.16. The van der Waals surface area contributed by atoms with E-state index in [1.165, 1.54) is 18.7 Å². The van der Waals surface area contributed by atoms with E-state index in [4.69, 9.17) is 5.73 Å². The van der Waals surface area contributed by atoms with Crippen molar-refractivity contribution in [3.63, 3.8) is 0 Å². The van der Waals surface area contributed by atoms with Crippen LogP contribution in [0.2, 0.25) is 0 Å². The number of aromatic nitrogens is 1. The molecule has 0 amide bonds. The number of hydrogen-bond acceptors (Lipinski definition) is 4. The quantitative estimate of drug-likeness (QED) is 0.924. The molecule has 2 heterocycles. The van der Waals surface area contributed by atoms with Crippen LogP contribution in [0.3, 0.4) is 0 Å². The van der Waals surface area contributed by atoms with Crippen LogP contribution in [0.5, 0.6) is 0 Å². The molecule has 1 aromatic rings. The Morgan fingerprint density at radius 3 is 2.90 bits per heavy atom. The average molecular weight is 297 g/mol. The lowest BCUT2D eigenvalue weighted by molar-refractivity contribution is 0.400. The normalized spacial score (nSPS) is 21.6. The summed E-state index contributed by atoms with van der Waals surface area (Å²) in [7, 11) is -3.51. The summed E-state index contributed by atoms with van der Waals surface area (Å²) in [5.41, 5.74) is 5.71. The van der Waals surface area contributed by atoms with E-state index in [2.05, 4.69) is 11.9 Å². The highest BCUT2D eigenvalue weighted by atomic mass is 32.2. The third-order valence-corrected chi connectivity index (χ3v) is 5.87. The van der Waals surface area contributed by atoms with Gasteiger partial charge in [-0.25, -0.2) is 13.4 Å². The maximum absolute atomic E-state index is 12.6. The van der Waals surface area contributed by atoms with Crippen molar-refractivity contribution < 1.29 is 8.42 Å². The maximum Gasteiger partial charge on any atom is 0.246 e. The molecule has 0 saturated carbocycles. The molecule has 1 aliphatic heterocycles.